The van der Waals surface area contributed by atoms with Gasteiger partial charge in [0.15, 0.2) is 0 Å². The van der Waals surface area contributed by atoms with Crippen LogP contribution in [0.25, 0.3) is 0 Å². The first kappa shape index (κ1) is 13.4. The van der Waals surface area contributed by atoms with E-state index in [4.69, 9.17) is 10.5 Å². The fraction of sp³-hybridized carbons (Fsp3) is 0.214. The maximum absolute atomic E-state index is 11.6. The summed E-state index contributed by atoms with van der Waals surface area (Å²) in [6.07, 6.45) is 0. The molecule has 0 bridgehead atoms. The highest BCUT2D eigenvalue weighted by atomic mass is 32.1. The molecule has 0 saturated carbocycles. The van der Waals surface area contributed by atoms with Crippen molar-refractivity contribution in [2.24, 2.45) is 0 Å². The molecule has 4 nitrogen and oxygen atoms in total. The minimum absolute atomic E-state index is 0.175. The van der Waals surface area contributed by atoms with Crippen LogP contribution in [0.15, 0.2) is 35.7 Å². The second-order valence-electron chi connectivity index (χ2n) is 4.18. The number of hydrogen-bond acceptors (Lipinski definition) is 5. The van der Waals surface area contributed by atoms with Crippen molar-refractivity contribution in [1.82, 2.24) is 0 Å². The van der Waals surface area contributed by atoms with Crippen molar-refractivity contribution in [3.05, 3.63) is 46.2 Å². The molecule has 1 aromatic heterocycles. The Morgan fingerprint density at radius 3 is 2.84 bits per heavy atom. The molecule has 100 valence electrons. The smallest absolute Gasteiger partial charge is 0.340 e. The first-order valence-corrected chi connectivity index (χ1v) is 6.77. The highest BCUT2D eigenvalue weighted by Gasteiger charge is 2.12. The van der Waals surface area contributed by atoms with Crippen molar-refractivity contribution in [1.29, 1.82) is 0 Å². The minimum Gasteiger partial charge on any atom is -0.465 e. The molecule has 1 aromatic carbocycles. The lowest BCUT2D eigenvalue weighted by Crippen LogP contribution is -2.09. The van der Waals surface area contributed by atoms with Gasteiger partial charge in [0, 0.05) is 16.3 Å². The first-order chi connectivity index (χ1) is 9.11. The number of nitrogen functional groups attached to an aromatic ring is 1. The number of nitrogens with two attached hydrogens (primary N) is 1. The Balaban J connectivity index is 2.19. The molecule has 5 heteroatoms. The molecule has 0 amide bonds. The zero-order chi connectivity index (χ0) is 13.8. The van der Waals surface area contributed by atoms with Crippen LogP contribution in [-0.2, 0) is 4.74 Å². The number of ether oxygens (including phenoxy) is 1. The van der Waals surface area contributed by atoms with E-state index in [1.807, 2.05) is 17.5 Å². The zero-order valence-corrected chi connectivity index (χ0v) is 11.7. The highest BCUT2D eigenvalue weighted by molar-refractivity contribution is 7.10. The molecule has 0 aliphatic carbocycles. The van der Waals surface area contributed by atoms with Crippen molar-refractivity contribution >= 4 is 28.7 Å². The number of hydrogen-bond donors (Lipinski definition) is 2. The molecule has 0 aliphatic rings. The van der Waals surface area contributed by atoms with Crippen molar-refractivity contribution < 1.29 is 9.53 Å². The van der Waals surface area contributed by atoms with Crippen LogP contribution in [-0.4, -0.2) is 13.1 Å². The number of benzene rings is 1. The standard InChI is InChI=1S/C14H16N2O2S/c1-9(13-4-3-7-19-13)16-10-5-6-12(15)11(8-10)14(17)18-2/h3-9,16H,15H2,1-2H3. The third kappa shape index (κ3) is 3.06. The molecule has 0 fully saturated rings. The topological polar surface area (TPSA) is 64.3 Å². The van der Waals surface area contributed by atoms with Crippen molar-refractivity contribution in [3.63, 3.8) is 0 Å². The van der Waals surface area contributed by atoms with Crippen LogP contribution in [0.3, 0.4) is 0 Å². The van der Waals surface area contributed by atoms with Gasteiger partial charge >= 0.3 is 5.97 Å². The van der Waals surface area contributed by atoms with Gasteiger partial charge < -0.3 is 15.8 Å². The Bertz CT molecular complexity index is 567. The number of esters is 1. The molecular weight excluding hydrogens is 260 g/mol. The summed E-state index contributed by atoms with van der Waals surface area (Å²) in [5, 5.41) is 5.38. The summed E-state index contributed by atoms with van der Waals surface area (Å²) < 4.78 is 4.70. The molecular formula is C14H16N2O2S. The fourth-order valence-corrected chi connectivity index (χ4v) is 2.53. The monoisotopic (exact) mass is 276 g/mol. The molecule has 0 spiro atoms. The number of thiophene rings is 1. The minimum atomic E-state index is -0.426. The molecule has 2 rings (SSSR count). The van der Waals surface area contributed by atoms with Crippen LogP contribution in [0.5, 0.6) is 0 Å². The number of rotatable bonds is 4. The van der Waals surface area contributed by atoms with E-state index in [1.165, 1.54) is 12.0 Å². The molecule has 1 heterocycles. The number of carbonyl (C=O) groups excluding carboxylic acids is 1. The Morgan fingerprint density at radius 2 is 2.21 bits per heavy atom. The van der Waals surface area contributed by atoms with Gasteiger partial charge in [-0.15, -0.1) is 11.3 Å². The van der Waals surface area contributed by atoms with Gasteiger partial charge in [-0.05, 0) is 36.6 Å². The predicted molar refractivity (Wildman–Crippen MR) is 78.6 cm³/mol. The summed E-state index contributed by atoms with van der Waals surface area (Å²) in [7, 11) is 1.34. The van der Waals surface area contributed by atoms with Crippen molar-refractivity contribution in [3.8, 4) is 0 Å². The van der Waals surface area contributed by atoms with Gasteiger partial charge in [-0.1, -0.05) is 6.07 Å². The van der Waals surface area contributed by atoms with E-state index >= 15 is 0 Å². The van der Waals surface area contributed by atoms with Gasteiger partial charge in [-0.25, -0.2) is 4.79 Å². The highest BCUT2D eigenvalue weighted by Crippen LogP contribution is 2.25. The largest absolute Gasteiger partial charge is 0.465 e. The summed E-state index contributed by atoms with van der Waals surface area (Å²) >= 11 is 1.69. The lowest BCUT2D eigenvalue weighted by atomic mass is 10.1. The molecule has 3 N–H and O–H groups in total. The lowest BCUT2D eigenvalue weighted by molar-refractivity contribution is 0.0602. The maximum atomic E-state index is 11.6. The van der Waals surface area contributed by atoms with Crippen LogP contribution < -0.4 is 11.1 Å². The van der Waals surface area contributed by atoms with Gasteiger partial charge in [0.05, 0.1) is 18.7 Å². The zero-order valence-electron chi connectivity index (χ0n) is 10.8. The summed E-state index contributed by atoms with van der Waals surface area (Å²) in [4.78, 5) is 12.8. The van der Waals surface area contributed by atoms with E-state index in [-0.39, 0.29) is 6.04 Å². The number of nitrogens with one attached hydrogen (secondary N) is 1. The molecule has 19 heavy (non-hydrogen) atoms. The normalized spacial score (nSPS) is 11.9. The van der Waals surface area contributed by atoms with E-state index in [9.17, 15) is 4.79 Å². The van der Waals surface area contributed by atoms with Crippen LogP contribution in [0.1, 0.15) is 28.2 Å². The number of carbonyl (C=O) groups is 1. The second-order valence-corrected chi connectivity index (χ2v) is 5.15. The third-order valence-electron chi connectivity index (χ3n) is 2.81. The van der Waals surface area contributed by atoms with E-state index < -0.39 is 5.97 Å². The SMILES string of the molecule is COC(=O)c1cc(NC(C)c2cccs2)ccc1N. The average molecular weight is 276 g/mol. The summed E-state index contributed by atoms with van der Waals surface area (Å²) in [5.74, 6) is -0.426. The Hall–Kier alpha value is -2.01. The van der Waals surface area contributed by atoms with Crippen LogP contribution in [0.2, 0.25) is 0 Å². The number of methoxy groups -OCH3 is 1. The van der Waals surface area contributed by atoms with Gasteiger partial charge in [-0.3, -0.25) is 0 Å². The Labute approximate surface area is 116 Å². The van der Waals surface area contributed by atoms with Gasteiger partial charge in [-0.2, -0.15) is 0 Å². The quantitative estimate of drug-likeness (QED) is 0.664. The van der Waals surface area contributed by atoms with E-state index in [0.717, 1.165) is 5.69 Å². The molecule has 1 atom stereocenters. The molecule has 2 aromatic rings. The van der Waals surface area contributed by atoms with Crippen LogP contribution in [0.4, 0.5) is 11.4 Å². The van der Waals surface area contributed by atoms with Gasteiger partial charge in [0.1, 0.15) is 0 Å². The third-order valence-corrected chi connectivity index (χ3v) is 3.87. The molecule has 0 radical (unpaired) electrons. The number of anilines is 2. The molecule has 0 aliphatic heterocycles. The van der Waals surface area contributed by atoms with E-state index in [0.29, 0.717) is 11.3 Å². The van der Waals surface area contributed by atoms with Crippen LogP contribution in [0, 0.1) is 0 Å². The second kappa shape index (κ2) is 5.75. The average Bonchev–Trinajstić information content (AvgIpc) is 2.94. The Morgan fingerprint density at radius 1 is 1.42 bits per heavy atom. The molecule has 0 saturated heterocycles. The lowest BCUT2D eigenvalue weighted by Gasteiger charge is -2.15. The van der Waals surface area contributed by atoms with Crippen molar-refractivity contribution in [2.45, 2.75) is 13.0 Å². The summed E-state index contributed by atoms with van der Waals surface area (Å²) in [6.45, 7) is 2.07. The van der Waals surface area contributed by atoms with E-state index in [2.05, 4.69) is 18.3 Å². The van der Waals surface area contributed by atoms with Crippen molar-refractivity contribution in [2.75, 3.05) is 18.2 Å². The maximum Gasteiger partial charge on any atom is 0.340 e. The first-order valence-electron chi connectivity index (χ1n) is 5.89. The van der Waals surface area contributed by atoms with Gasteiger partial charge in [0.25, 0.3) is 0 Å². The fourth-order valence-electron chi connectivity index (χ4n) is 1.79. The van der Waals surface area contributed by atoms with Gasteiger partial charge in [0.2, 0.25) is 0 Å². The summed E-state index contributed by atoms with van der Waals surface area (Å²) in [6, 6.07) is 9.53. The summed E-state index contributed by atoms with van der Waals surface area (Å²) in [5.41, 5.74) is 7.41. The van der Waals surface area contributed by atoms with E-state index in [1.54, 1.807) is 23.5 Å². The molecule has 1 unspecified atom stereocenters. The Kier molecular flexibility index (Phi) is 4.06. The predicted octanol–water partition coefficient (Wildman–Crippen LogP) is 3.29. The van der Waals surface area contributed by atoms with Crippen LogP contribution >= 0.6 is 11.3 Å².